The summed E-state index contributed by atoms with van der Waals surface area (Å²) in [5.41, 5.74) is 3.07. The van der Waals surface area contributed by atoms with E-state index in [-0.39, 0.29) is 18.4 Å². The maximum atomic E-state index is 13.2. The molecule has 0 aromatic heterocycles. The Morgan fingerprint density at radius 2 is 1.84 bits per heavy atom. The summed E-state index contributed by atoms with van der Waals surface area (Å²) in [7, 11) is 3.92. The van der Waals surface area contributed by atoms with E-state index in [1.807, 2.05) is 50.2 Å². The van der Waals surface area contributed by atoms with Gasteiger partial charge in [-0.25, -0.2) is 0 Å². The number of anilines is 3. The average Bonchev–Trinajstić information content (AvgIpc) is 3.16. The van der Waals surface area contributed by atoms with E-state index in [0.717, 1.165) is 16.9 Å². The van der Waals surface area contributed by atoms with Crippen LogP contribution in [0.4, 0.5) is 17.1 Å². The van der Waals surface area contributed by atoms with Gasteiger partial charge in [-0.05, 0) is 73.2 Å². The maximum Gasteiger partial charge on any atom is 0.270 e. The topological polar surface area (TPSA) is 71.1 Å². The van der Waals surface area contributed by atoms with Crippen molar-refractivity contribution in [1.29, 1.82) is 0 Å². The highest BCUT2D eigenvalue weighted by Crippen LogP contribution is 2.37. The second-order valence-corrected chi connectivity index (χ2v) is 10.5. The fourth-order valence-corrected chi connectivity index (χ4v) is 5.14. The molecule has 196 valence electrons. The van der Waals surface area contributed by atoms with Gasteiger partial charge < -0.3 is 19.7 Å². The number of thioether (sulfide) groups is 1. The van der Waals surface area contributed by atoms with Gasteiger partial charge in [0.1, 0.15) is 0 Å². The molecule has 4 rings (SSSR count). The highest BCUT2D eigenvalue weighted by molar-refractivity contribution is 8.27. The summed E-state index contributed by atoms with van der Waals surface area (Å²) in [5.74, 6) is 0.361. The molecular weight excluding hydrogens is 542 g/mol. The Morgan fingerprint density at radius 1 is 1.08 bits per heavy atom. The Hall–Kier alpha value is -3.53. The normalized spacial score (nSPS) is 14.1. The zero-order valence-corrected chi connectivity index (χ0v) is 23.5. The lowest BCUT2D eigenvalue weighted by molar-refractivity contribution is -0.118. The van der Waals surface area contributed by atoms with Crippen molar-refractivity contribution in [2.24, 2.45) is 0 Å². The fourth-order valence-electron chi connectivity index (χ4n) is 3.65. The van der Waals surface area contributed by atoms with Crippen LogP contribution in [-0.2, 0) is 9.59 Å². The van der Waals surface area contributed by atoms with E-state index in [4.69, 9.17) is 33.3 Å². The number of nitrogens with zero attached hydrogens (tertiary/aromatic N) is 2. The van der Waals surface area contributed by atoms with Crippen LogP contribution in [0.5, 0.6) is 11.5 Å². The third kappa shape index (κ3) is 6.66. The molecule has 0 radical (unpaired) electrons. The quantitative estimate of drug-likeness (QED) is 0.243. The minimum absolute atomic E-state index is 0.187. The molecule has 38 heavy (non-hydrogen) atoms. The first kappa shape index (κ1) is 27.5. The van der Waals surface area contributed by atoms with Crippen LogP contribution in [0.1, 0.15) is 12.5 Å². The summed E-state index contributed by atoms with van der Waals surface area (Å²) in [6.07, 6.45) is 1.77. The minimum atomic E-state index is -0.332. The molecule has 1 heterocycles. The first-order valence-electron chi connectivity index (χ1n) is 11.8. The van der Waals surface area contributed by atoms with Crippen molar-refractivity contribution in [2.45, 2.75) is 6.92 Å². The van der Waals surface area contributed by atoms with Crippen LogP contribution < -0.4 is 24.6 Å². The minimum Gasteiger partial charge on any atom is -0.490 e. The molecule has 1 aliphatic heterocycles. The summed E-state index contributed by atoms with van der Waals surface area (Å²) >= 11 is 12.7. The molecule has 2 amide bonds. The third-order valence-corrected chi connectivity index (χ3v) is 6.99. The van der Waals surface area contributed by atoms with E-state index in [0.29, 0.717) is 38.0 Å². The van der Waals surface area contributed by atoms with Crippen LogP contribution in [0.25, 0.3) is 6.08 Å². The summed E-state index contributed by atoms with van der Waals surface area (Å²) in [6, 6.07) is 19.8. The number of amides is 2. The molecule has 0 bridgehead atoms. The van der Waals surface area contributed by atoms with Crippen molar-refractivity contribution in [3.63, 3.8) is 0 Å². The molecule has 0 atom stereocenters. The molecule has 0 unspecified atom stereocenters. The van der Waals surface area contributed by atoms with Crippen LogP contribution in [0.2, 0.25) is 5.02 Å². The molecule has 0 spiro atoms. The van der Waals surface area contributed by atoms with Crippen LogP contribution >= 0.6 is 35.6 Å². The Labute approximate surface area is 236 Å². The van der Waals surface area contributed by atoms with E-state index in [9.17, 15) is 9.59 Å². The molecule has 3 aromatic rings. The summed E-state index contributed by atoms with van der Waals surface area (Å²) in [6.45, 7) is 2.05. The Morgan fingerprint density at radius 3 is 2.53 bits per heavy atom. The van der Waals surface area contributed by atoms with Gasteiger partial charge in [0.15, 0.2) is 22.4 Å². The van der Waals surface area contributed by atoms with Gasteiger partial charge in [0.25, 0.3) is 11.8 Å². The molecular formula is C28H26ClN3O4S2. The SMILES string of the molecule is CCOc1cc(/C=C2\SC(=S)N(c3ccc(N(C)C)cc3)C2=O)ccc1OCC(=O)Nc1cccc(Cl)c1. The predicted molar refractivity (Wildman–Crippen MR) is 160 cm³/mol. The standard InChI is InChI=1S/C28H26ClN3O4S2/c1-4-35-24-14-18(8-13-23(24)36-17-26(33)30-20-7-5-6-19(29)16-20)15-25-27(34)32(28(37)38-25)22-11-9-21(10-12-22)31(2)3/h5-16H,4,17H2,1-3H3,(H,30,33)/b25-15-. The molecule has 0 saturated carbocycles. The van der Waals surface area contributed by atoms with Gasteiger partial charge in [-0.15, -0.1) is 0 Å². The van der Waals surface area contributed by atoms with Gasteiger partial charge in [-0.2, -0.15) is 0 Å². The third-order valence-electron chi connectivity index (χ3n) is 5.45. The molecule has 3 aromatic carbocycles. The van der Waals surface area contributed by atoms with Crippen molar-refractivity contribution in [2.75, 3.05) is 42.4 Å². The van der Waals surface area contributed by atoms with Crippen molar-refractivity contribution in [3.8, 4) is 11.5 Å². The van der Waals surface area contributed by atoms with E-state index >= 15 is 0 Å². The van der Waals surface area contributed by atoms with Crippen LogP contribution in [0, 0.1) is 0 Å². The van der Waals surface area contributed by atoms with E-state index in [1.165, 1.54) is 16.7 Å². The van der Waals surface area contributed by atoms with Gasteiger partial charge in [0.2, 0.25) is 0 Å². The number of rotatable bonds is 9. The highest BCUT2D eigenvalue weighted by atomic mass is 35.5. The van der Waals surface area contributed by atoms with E-state index in [1.54, 1.807) is 48.5 Å². The number of halogens is 1. The predicted octanol–water partition coefficient (Wildman–Crippen LogP) is 6.23. The number of nitrogens with one attached hydrogen (secondary N) is 1. The van der Waals surface area contributed by atoms with Gasteiger partial charge in [-0.3, -0.25) is 14.5 Å². The van der Waals surface area contributed by atoms with Crippen molar-refractivity contribution in [1.82, 2.24) is 0 Å². The second-order valence-electron chi connectivity index (χ2n) is 8.41. The average molecular weight is 568 g/mol. The van der Waals surface area contributed by atoms with Gasteiger partial charge >= 0.3 is 0 Å². The number of thiocarbonyl (C=S) groups is 1. The number of hydrogen-bond donors (Lipinski definition) is 1. The first-order chi connectivity index (χ1) is 18.2. The number of carbonyl (C=O) groups is 2. The summed E-state index contributed by atoms with van der Waals surface area (Å²) in [4.78, 5) is 29.6. The molecule has 7 nitrogen and oxygen atoms in total. The Bertz CT molecular complexity index is 1390. The number of carbonyl (C=O) groups excluding carboxylic acids is 2. The fraction of sp³-hybridized carbons (Fsp3) is 0.179. The van der Waals surface area contributed by atoms with Crippen molar-refractivity contribution < 1.29 is 19.1 Å². The zero-order chi connectivity index (χ0) is 27.2. The molecule has 0 aliphatic carbocycles. The molecule has 10 heteroatoms. The number of hydrogen-bond acceptors (Lipinski definition) is 7. The lowest BCUT2D eigenvalue weighted by atomic mass is 10.1. The molecule has 1 saturated heterocycles. The summed E-state index contributed by atoms with van der Waals surface area (Å²) in [5, 5.41) is 3.27. The van der Waals surface area contributed by atoms with Crippen LogP contribution in [0.15, 0.2) is 71.6 Å². The van der Waals surface area contributed by atoms with Crippen molar-refractivity contribution in [3.05, 3.63) is 82.2 Å². The lowest BCUT2D eigenvalue weighted by Crippen LogP contribution is -2.27. The first-order valence-corrected chi connectivity index (χ1v) is 13.4. The molecule has 1 fully saturated rings. The van der Waals surface area contributed by atoms with Gasteiger partial charge in [-0.1, -0.05) is 47.7 Å². The van der Waals surface area contributed by atoms with Gasteiger partial charge in [0, 0.05) is 30.5 Å². The lowest BCUT2D eigenvalue weighted by Gasteiger charge is -2.17. The summed E-state index contributed by atoms with van der Waals surface area (Å²) < 4.78 is 11.9. The molecule has 1 aliphatic rings. The van der Waals surface area contributed by atoms with Crippen LogP contribution in [-0.4, -0.2) is 43.4 Å². The number of ether oxygens (including phenoxy) is 2. The zero-order valence-electron chi connectivity index (χ0n) is 21.1. The van der Waals surface area contributed by atoms with Crippen LogP contribution in [0.3, 0.4) is 0 Å². The Balaban J connectivity index is 1.47. The molecule has 1 N–H and O–H groups in total. The second kappa shape index (κ2) is 12.3. The Kier molecular flexibility index (Phi) is 8.93. The van der Waals surface area contributed by atoms with E-state index in [2.05, 4.69) is 5.32 Å². The smallest absolute Gasteiger partial charge is 0.270 e. The van der Waals surface area contributed by atoms with E-state index < -0.39 is 0 Å². The van der Waals surface area contributed by atoms with Gasteiger partial charge in [0.05, 0.1) is 17.2 Å². The monoisotopic (exact) mass is 567 g/mol. The number of benzene rings is 3. The maximum absolute atomic E-state index is 13.2. The highest BCUT2D eigenvalue weighted by Gasteiger charge is 2.33. The van der Waals surface area contributed by atoms with Crippen molar-refractivity contribution >= 4 is 74.9 Å². The largest absolute Gasteiger partial charge is 0.490 e.